The summed E-state index contributed by atoms with van der Waals surface area (Å²) in [6, 6.07) is 7.74. The number of carbonyl (C=O) groups excluding carboxylic acids is 3. The standard InChI is InChI=1S/C23H25F3N4O3/c1-2-3-4-9-20(31)28-16-10-11-19(27-14-16)30-13-12-29(15-21(30)32)22(33)17-7-5-6-8-18(17)23(24,25)26/h5-8,10-11,14H,2-4,9,12-13,15H2,1H3,(H,28,31). The van der Waals surface area contributed by atoms with Crippen LogP contribution >= 0.6 is 0 Å². The van der Waals surface area contributed by atoms with E-state index in [1.54, 1.807) is 12.1 Å². The number of nitrogens with zero attached hydrogens (tertiary/aromatic N) is 3. The SMILES string of the molecule is CCCCCC(=O)Nc1ccc(N2CCN(C(=O)c3ccccc3C(F)(F)F)CC2=O)nc1. The first kappa shape index (κ1) is 24.2. The highest BCUT2D eigenvalue weighted by Crippen LogP contribution is 2.32. The molecule has 1 fully saturated rings. The van der Waals surface area contributed by atoms with Crippen LogP contribution in [-0.2, 0) is 15.8 Å². The van der Waals surface area contributed by atoms with Crippen LogP contribution in [0.25, 0.3) is 0 Å². The molecule has 3 amide bonds. The van der Waals surface area contributed by atoms with Gasteiger partial charge in [-0.3, -0.25) is 19.3 Å². The number of halogens is 3. The Balaban J connectivity index is 1.62. The maximum Gasteiger partial charge on any atom is 0.417 e. The van der Waals surface area contributed by atoms with Gasteiger partial charge in [0, 0.05) is 19.5 Å². The highest BCUT2D eigenvalue weighted by molar-refractivity contribution is 6.02. The van der Waals surface area contributed by atoms with Crippen LogP contribution in [0.15, 0.2) is 42.6 Å². The summed E-state index contributed by atoms with van der Waals surface area (Å²) in [5.74, 6) is -1.07. The molecule has 0 atom stereocenters. The number of hydrogen-bond donors (Lipinski definition) is 1. The molecule has 33 heavy (non-hydrogen) atoms. The van der Waals surface area contributed by atoms with Crippen molar-refractivity contribution in [1.29, 1.82) is 0 Å². The minimum atomic E-state index is -4.67. The summed E-state index contributed by atoms with van der Waals surface area (Å²) < 4.78 is 39.7. The molecule has 2 aromatic rings. The van der Waals surface area contributed by atoms with Crippen molar-refractivity contribution in [2.45, 2.75) is 38.8 Å². The van der Waals surface area contributed by atoms with Gasteiger partial charge < -0.3 is 10.2 Å². The Morgan fingerprint density at radius 1 is 1.09 bits per heavy atom. The van der Waals surface area contributed by atoms with Crippen molar-refractivity contribution in [3.63, 3.8) is 0 Å². The van der Waals surface area contributed by atoms with Gasteiger partial charge in [0.2, 0.25) is 11.8 Å². The predicted octanol–water partition coefficient (Wildman–Crippen LogP) is 4.11. The first-order chi connectivity index (χ1) is 15.7. The van der Waals surface area contributed by atoms with Gasteiger partial charge in [-0.1, -0.05) is 31.9 Å². The van der Waals surface area contributed by atoms with Gasteiger partial charge in [0.25, 0.3) is 5.91 Å². The van der Waals surface area contributed by atoms with Crippen molar-refractivity contribution in [2.24, 2.45) is 0 Å². The van der Waals surface area contributed by atoms with E-state index in [1.807, 2.05) is 0 Å². The Kier molecular flexibility index (Phi) is 7.67. The van der Waals surface area contributed by atoms with Crippen LogP contribution in [0.5, 0.6) is 0 Å². The van der Waals surface area contributed by atoms with Crippen molar-refractivity contribution in [1.82, 2.24) is 9.88 Å². The Morgan fingerprint density at radius 3 is 2.48 bits per heavy atom. The van der Waals surface area contributed by atoms with Crippen molar-refractivity contribution in [3.8, 4) is 0 Å². The third kappa shape index (κ3) is 6.09. The minimum Gasteiger partial charge on any atom is -0.328 e. The van der Waals surface area contributed by atoms with Gasteiger partial charge in [-0.05, 0) is 30.7 Å². The smallest absolute Gasteiger partial charge is 0.328 e. The number of aromatic nitrogens is 1. The summed E-state index contributed by atoms with van der Waals surface area (Å²) in [4.78, 5) is 43.9. The normalized spacial score (nSPS) is 14.4. The summed E-state index contributed by atoms with van der Waals surface area (Å²) in [6.45, 7) is 1.85. The molecule has 7 nitrogen and oxygen atoms in total. The third-order valence-corrected chi connectivity index (χ3v) is 5.29. The van der Waals surface area contributed by atoms with Crippen LogP contribution in [0.2, 0.25) is 0 Å². The molecule has 2 heterocycles. The van der Waals surface area contributed by atoms with Gasteiger partial charge in [0.05, 0.1) is 23.0 Å². The minimum absolute atomic E-state index is 0.0638. The quantitative estimate of drug-likeness (QED) is 0.628. The van der Waals surface area contributed by atoms with E-state index >= 15 is 0 Å². The first-order valence-corrected chi connectivity index (χ1v) is 10.7. The largest absolute Gasteiger partial charge is 0.417 e. The van der Waals surface area contributed by atoms with Crippen LogP contribution in [0.4, 0.5) is 24.7 Å². The lowest BCUT2D eigenvalue weighted by Gasteiger charge is -2.34. The Bertz CT molecular complexity index is 1010. The van der Waals surface area contributed by atoms with E-state index in [4.69, 9.17) is 0 Å². The fourth-order valence-electron chi connectivity index (χ4n) is 3.55. The Labute approximate surface area is 189 Å². The molecule has 0 bridgehead atoms. The van der Waals surface area contributed by atoms with Crippen LogP contribution < -0.4 is 10.2 Å². The number of hydrogen-bond acceptors (Lipinski definition) is 4. The number of rotatable bonds is 7. The highest BCUT2D eigenvalue weighted by Gasteiger charge is 2.37. The van der Waals surface area contributed by atoms with Gasteiger partial charge in [-0.15, -0.1) is 0 Å². The molecule has 176 valence electrons. The lowest BCUT2D eigenvalue weighted by molar-refractivity contribution is -0.138. The van der Waals surface area contributed by atoms with E-state index in [-0.39, 0.29) is 25.5 Å². The van der Waals surface area contributed by atoms with E-state index in [2.05, 4.69) is 17.2 Å². The molecule has 1 aliphatic rings. The van der Waals surface area contributed by atoms with Gasteiger partial charge in [-0.25, -0.2) is 4.98 Å². The molecule has 1 aliphatic heterocycles. The predicted molar refractivity (Wildman–Crippen MR) is 117 cm³/mol. The molecule has 0 saturated carbocycles. The van der Waals surface area contributed by atoms with Crippen LogP contribution in [0, 0.1) is 0 Å². The number of benzene rings is 1. The summed E-state index contributed by atoms with van der Waals surface area (Å²) in [5, 5.41) is 2.75. The average Bonchev–Trinajstić information content (AvgIpc) is 2.79. The molecule has 1 N–H and O–H groups in total. The van der Waals surface area contributed by atoms with Crippen molar-refractivity contribution < 1.29 is 27.6 Å². The van der Waals surface area contributed by atoms with E-state index in [0.717, 1.165) is 36.3 Å². The Morgan fingerprint density at radius 2 is 1.85 bits per heavy atom. The fourth-order valence-corrected chi connectivity index (χ4v) is 3.55. The zero-order valence-electron chi connectivity index (χ0n) is 18.2. The van der Waals surface area contributed by atoms with E-state index in [9.17, 15) is 27.6 Å². The molecule has 10 heteroatoms. The number of anilines is 2. The fraction of sp³-hybridized carbons (Fsp3) is 0.391. The van der Waals surface area contributed by atoms with E-state index in [1.165, 1.54) is 23.2 Å². The van der Waals surface area contributed by atoms with Gasteiger partial charge in [0.1, 0.15) is 12.4 Å². The summed E-state index contributed by atoms with van der Waals surface area (Å²) >= 11 is 0. The number of amides is 3. The molecule has 0 aliphatic carbocycles. The Hall–Kier alpha value is -3.43. The molecular weight excluding hydrogens is 437 g/mol. The summed E-state index contributed by atoms with van der Waals surface area (Å²) in [7, 11) is 0. The lowest BCUT2D eigenvalue weighted by Crippen LogP contribution is -2.52. The molecule has 0 spiro atoms. The zero-order valence-corrected chi connectivity index (χ0v) is 18.2. The third-order valence-electron chi connectivity index (χ3n) is 5.29. The second-order valence-corrected chi connectivity index (χ2v) is 7.73. The molecular formula is C23H25F3N4O3. The zero-order chi connectivity index (χ0) is 24.0. The van der Waals surface area contributed by atoms with Gasteiger partial charge in [0.15, 0.2) is 0 Å². The summed E-state index contributed by atoms with van der Waals surface area (Å²) in [6.07, 6.45) is -0.0127. The van der Waals surface area contributed by atoms with E-state index < -0.39 is 29.1 Å². The monoisotopic (exact) mass is 462 g/mol. The molecule has 0 radical (unpaired) electrons. The maximum atomic E-state index is 13.2. The second-order valence-electron chi connectivity index (χ2n) is 7.73. The van der Waals surface area contributed by atoms with Crippen LogP contribution in [0.3, 0.4) is 0 Å². The van der Waals surface area contributed by atoms with Gasteiger partial charge >= 0.3 is 6.18 Å². The van der Waals surface area contributed by atoms with Crippen molar-refractivity contribution in [2.75, 3.05) is 29.9 Å². The first-order valence-electron chi connectivity index (χ1n) is 10.7. The topological polar surface area (TPSA) is 82.6 Å². The van der Waals surface area contributed by atoms with Gasteiger partial charge in [-0.2, -0.15) is 13.2 Å². The molecule has 1 saturated heterocycles. The second kappa shape index (κ2) is 10.5. The van der Waals surface area contributed by atoms with E-state index in [0.29, 0.717) is 17.9 Å². The van der Waals surface area contributed by atoms with Crippen LogP contribution in [0.1, 0.15) is 48.5 Å². The van der Waals surface area contributed by atoms with Crippen molar-refractivity contribution in [3.05, 3.63) is 53.7 Å². The number of pyridine rings is 1. The number of nitrogens with one attached hydrogen (secondary N) is 1. The maximum absolute atomic E-state index is 13.2. The number of carbonyl (C=O) groups is 3. The number of alkyl halides is 3. The number of unbranched alkanes of at least 4 members (excludes halogenated alkanes) is 2. The van der Waals surface area contributed by atoms with Crippen LogP contribution in [-0.4, -0.2) is 47.2 Å². The lowest BCUT2D eigenvalue weighted by atomic mass is 10.1. The summed E-state index contributed by atoms with van der Waals surface area (Å²) in [5.41, 5.74) is -1.01. The van der Waals surface area contributed by atoms with Crippen molar-refractivity contribution >= 4 is 29.2 Å². The number of piperazine rings is 1. The molecule has 0 unspecified atom stereocenters. The molecule has 3 rings (SSSR count). The molecule has 1 aromatic carbocycles. The molecule has 1 aromatic heterocycles. The highest BCUT2D eigenvalue weighted by atomic mass is 19.4. The average molecular weight is 462 g/mol.